The molecule has 1 aliphatic heterocycles. The summed E-state index contributed by atoms with van der Waals surface area (Å²) in [5.74, 6) is -0.367. The van der Waals surface area contributed by atoms with Gasteiger partial charge in [-0.3, -0.25) is 4.79 Å². The van der Waals surface area contributed by atoms with Crippen LogP contribution in [0.25, 0.3) is 11.2 Å². The summed E-state index contributed by atoms with van der Waals surface area (Å²) in [7, 11) is -9.05. The monoisotopic (exact) mass is 913 g/mol. The maximum absolute atomic E-state index is 12.8. The summed E-state index contributed by atoms with van der Waals surface area (Å²) in [6, 6.07) is 3.07. The minimum Gasteiger partial charge on any atom is -0.474 e. The molecule has 0 aromatic carbocycles. The molecule has 24 heteroatoms. The van der Waals surface area contributed by atoms with E-state index in [0.717, 1.165) is 0 Å². The van der Waals surface area contributed by atoms with E-state index in [-0.39, 0.29) is 65.3 Å². The molecule has 3 aromatic rings. The predicted octanol–water partition coefficient (Wildman–Crippen LogP) is 6.27. The van der Waals surface area contributed by atoms with Crippen LogP contribution in [0.2, 0.25) is 22.2 Å². The van der Waals surface area contributed by atoms with E-state index in [0.29, 0.717) is 25.3 Å². The van der Waals surface area contributed by atoms with Gasteiger partial charge < -0.3 is 36.3 Å². The zero-order chi connectivity index (χ0) is 42.7. The number of aromatic nitrogens is 7. The first-order valence-corrected chi connectivity index (χ1v) is 27.7. The molecule has 3 fully saturated rings. The van der Waals surface area contributed by atoms with Crippen LogP contribution in [0, 0.1) is 23.2 Å². The Morgan fingerprint density at radius 1 is 1.08 bits per heavy atom. The highest BCUT2D eigenvalue weighted by Gasteiger charge is 2.62. The molecule has 2 N–H and O–H groups in total. The predicted molar refractivity (Wildman–Crippen MR) is 222 cm³/mol. The average Bonchev–Trinajstić information content (AvgIpc) is 3.86. The van der Waals surface area contributed by atoms with E-state index in [2.05, 4.69) is 91.7 Å². The third-order valence-electron chi connectivity index (χ3n) is 11.5. The molecule has 0 radical (unpaired) electrons. The molecule has 2 aliphatic carbocycles. The van der Waals surface area contributed by atoms with Crippen LogP contribution in [0.5, 0.6) is 5.88 Å². The topological polar surface area (TPSA) is 237 Å². The summed E-state index contributed by atoms with van der Waals surface area (Å²) in [5.41, 5.74) is 0.117. The van der Waals surface area contributed by atoms with Crippen LogP contribution >= 0.6 is 15.0 Å². The maximum Gasteiger partial charge on any atom is 0.695 e. The van der Waals surface area contributed by atoms with E-state index in [1.54, 1.807) is 16.9 Å². The van der Waals surface area contributed by atoms with Crippen LogP contribution < -0.4 is 10.3 Å². The molecular weight excluding hydrogens is 859 g/mol. The van der Waals surface area contributed by atoms with E-state index < -0.39 is 74.0 Å². The van der Waals surface area contributed by atoms with E-state index in [1.807, 2.05) is 0 Å². The van der Waals surface area contributed by atoms with Crippen molar-refractivity contribution >= 4 is 55.1 Å². The van der Waals surface area contributed by atoms with Gasteiger partial charge in [-0.25, -0.2) is 19.6 Å². The number of nitrogens with one attached hydrogen (secondary N) is 1. The lowest BCUT2D eigenvalue weighted by Crippen LogP contribution is -2.65. The Morgan fingerprint density at radius 2 is 1.81 bits per heavy atom. The summed E-state index contributed by atoms with van der Waals surface area (Å²) in [6.07, 6.45) is 2.59. The van der Waals surface area contributed by atoms with Gasteiger partial charge in [0, 0.05) is 41.7 Å². The first-order chi connectivity index (χ1) is 28.0. The van der Waals surface area contributed by atoms with Crippen LogP contribution in [0.3, 0.4) is 0 Å². The van der Waals surface area contributed by atoms with Crippen LogP contribution in [0.15, 0.2) is 29.7 Å². The lowest BCUT2D eigenvalue weighted by Gasteiger charge is -2.52. The molecule has 0 bridgehead atoms. The molecule has 1 saturated heterocycles. The van der Waals surface area contributed by atoms with Crippen molar-refractivity contribution in [2.24, 2.45) is 11.8 Å². The summed E-state index contributed by atoms with van der Waals surface area (Å²) in [6.45, 7) is 13.5. The van der Waals surface area contributed by atoms with E-state index >= 15 is 0 Å². The van der Waals surface area contributed by atoms with Crippen molar-refractivity contribution in [2.75, 3.05) is 19.8 Å². The molecule has 3 aromatic heterocycles. The Labute approximate surface area is 351 Å². The van der Waals surface area contributed by atoms with Gasteiger partial charge in [0.2, 0.25) is 5.88 Å². The second kappa shape index (κ2) is 19.3. The van der Waals surface area contributed by atoms with Gasteiger partial charge in [-0.1, -0.05) is 60.6 Å². The van der Waals surface area contributed by atoms with Crippen molar-refractivity contribution in [3.05, 3.63) is 35.3 Å². The quantitative estimate of drug-likeness (QED) is 0.0862. The SMILES string of the molecule is CC(C)[Si]1(C(C)C)OC[C@H]2C[C@@H](n3nnc4c(=O)[nH]cnc43)[C@H](O[P@](=S)(OCCC#N)OC[C@H]3C[C@@H](Oc4ccncn4)C[C@@H]3O[P+](=O)O)[C@@H]2O[Si](C(C)C)(C(C)C)O1. The van der Waals surface area contributed by atoms with Crippen LogP contribution in [0.4, 0.5) is 0 Å². The zero-order valence-corrected chi connectivity index (χ0v) is 39.2. The lowest BCUT2D eigenvalue weighted by atomic mass is 10.1. The lowest BCUT2D eigenvalue weighted by molar-refractivity contribution is -0.0256. The summed E-state index contributed by atoms with van der Waals surface area (Å²) >= 11 is 6.19. The molecule has 1 unspecified atom stereocenters. The summed E-state index contributed by atoms with van der Waals surface area (Å²) in [4.78, 5) is 37.7. The third-order valence-corrected chi connectivity index (χ3v) is 24.5. The molecular formula is C35H55N8O11P2SSi2+. The Kier molecular flexibility index (Phi) is 15.0. The first kappa shape index (κ1) is 46.0. The third kappa shape index (κ3) is 9.93. The Balaban J connectivity index is 1.39. The standard InChI is InChI=1S/C35H54N8O11P2SSi2/c1-21(2)58(22(3)4)49-18-26-15-28(43-34-31(41-42-43)35(44)40-20-39-34)33(32(26)53-59(54-58,23(5)6)24(7)8)52-56(57,47-13-9-11-36)48-17-25-14-27(16-29(25)51-55(45)46)50-30-10-12-37-19-38-30/h10,12,19-29,32-33H,9,13-18H2,1-8H3,(H-,39,40,42,44,45,46)/p+1/t25-,26-,27-,28-,29+,32-,33+,56+/m1/s1. The van der Waals surface area contributed by atoms with Crippen LogP contribution in [0.1, 0.15) is 87.1 Å². The number of nitrogens with zero attached hydrogens (tertiary/aromatic N) is 7. The summed E-state index contributed by atoms with van der Waals surface area (Å²) < 4.78 is 66.9. The first-order valence-electron chi connectivity index (χ1n) is 20.0. The van der Waals surface area contributed by atoms with Crippen molar-refractivity contribution in [1.82, 2.24) is 34.9 Å². The average molecular weight is 914 g/mol. The molecule has 6 rings (SSSR count). The highest BCUT2D eigenvalue weighted by atomic mass is 32.5. The maximum atomic E-state index is 12.8. The van der Waals surface area contributed by atoms with Crippen molar-refractivity contribution in [3.63, 3.8) is 0 Å². The fourth-order valence-corrected chi connectivity index (χ4v) is 22.6. The number of aromatic amines is 1. The minimum atomic E-state index is -3.80. The van der Waals surface area contributed by atoms with Gasteiger partial charge in [0.25, 0.3) is 5.56 Å². The van der Waals surface area contributed by atoms with Gasteiger partial charge in [0.1, 0.15) is 24.6 Å². The fourth-order valence-electron chi connectivity index (χ4n) is 8.63. The van der Waals surface area contributed by atoms with Crippen molar-refractivity contribution in [2.45, 2.75) is 134 Å². The van der Waals surface area contributed by atoms with Crippen LogP contribution in [-0.2, 0) is 47.4 Å². The van der Waals surface area contributed by atoms with Gasteiger partial charge >= 0.3 is 32.1 Å². The van der Waals surface area contributed by atoms with E-state index in [1.165, 1.54) is 12.7 Å². The summed E-state index contributed by atoms with van der Waals surface area (Å²) in [5, 5.41) is 18.1. The number of hydrogen-bond acceptors (Lipinski definition) is 17. The molecule has 3 aliphatic rings. The van der Waals surface area contributed by atoms with Gasteiger partial charge in [-0.15, -0.1) is 14.5 Å². The zero-order valence-electron chi connectivity index (χ0n) is 34.6. The number of ether oxygens (including phenoxy) is 1. The van der Waals surface area contributed by atoms with Gasteiger partial charge in [-0.05, 0) is 46.8 Å². The number of rotatable bonds is 17. The van der Waals surface area contributed by atoms with E-state index in [9.17, 15) is 19.5 Å². The van der Waals surface area contributed by atoms with Gasteiger partial charge in [0.15, 0.2) is 11.2 Å². The molecule has 9 atom stereocenters. The molecule has 0 amide bonds. The van der Waals surface area contributed by atoms with Crippen LogP contribution in [-0.4, -0.2) is 101 Å². The Morgan fingerprint density at radius 3 is 2.46 bits per heavy atom. The normalized spacial score (nSPS) is 28.1. The molecule has 59 heavy (non-hydrogen) atoms. The largest absolute Gasteiger partial charge is 0.695 e. The number of H-pyrrole nitrogens is 1. The highest BCUT2D eigenvalue weighted by molar-refractivity contribution is 8.07. The number of hydrogen-bond donors (Lipinski definition) is 2. The van der Waals surface area contributed by atoms with Crippen molar-refractivity contribution in [1.29, 1.82) is 5.26 Å². The second-order valence-electron chi connectivity index (χ2n) is 16.5. The van der Waals surface area contributed by atoms with E-state index in [4.69, 9.17) is 47.6 Å². The smallest absolute Gasteiger partial charge is 0.474 e. The molecule has 4 heterocycles. The molecule has 2 saturated carbocycles. The fraction of sp³-hybridized carbons (Fsp3) is 0.743. The van der Waals surface area contributed by atoms with Crippen molar-refractivity contribution in [3.8, 4) is 11.9 Å². The second-order valence-corrected chi connectivity index (χ2v) is 29.0. The van der Waals surface area contributed by atoms with Gasteiger partial charge in [0.05, 0.1) is 44.2 Å². The molecule has 324 valence electrons. The van der Waals surface area contributed by atoms with Gasteiger partial charge in [-0.2, -0.15) is 5.26 Å². The Bertz CT molecular complexity index is 2050. The van der Waals surface area contributed by atoms with Crippen molar-refractivity contribution < 1.29 is 45.3 Å². The Hall–Kier alpha value is -2.49. The molecule has 19 nitrogen and oxygen atoms in total. The minimum absolute atomic E-state index is 0.00219. The highest BCUT2D eigenvalue weighted by Crippen LogP contribution is 2.58. The molecule has 0 spiro atoms. The number of nitriles is 1. The number of fused-ring (bicyclic) bond motifs is 2.